The summed E-state index contributed by atoms with van der Waals surface area (Å²) in [7, 11) is 1.56. The van der Waals surface area contributed by atoms with Crippen LogP contribution in [0.5, 0.6) is 5.75 Å². The van der Waals surface area contributed by atoms with Crippen molar-refractivity contribution in [3.8, 4) is 5.75 Å². The van der Waals surface area contributed by atoms with Crippen LogP contribution in [0.1, 0.15) is 0 Å². The van der Waals surface area contributed by atoms with Gasteiger partial charge in [0.15, 0.2) is 0 Å². The Bertz CT molecular complexity index is 662. The quantitative estimate of drug-likeness (QED) is 0.878. The first-order valence-electron chi connectivity index (χ1n) is 6.64. The summed E-state index contributed by atoms with van der Waals surface area (Å²) >= 11 is 0. The van der Waals surface area contributed by atoms with Gasteiger partial charge < -0.3 is 14.8 Å². The minimum absolute atomic E-state index is 0.00425. The van der Waals surface area contributed by atoms with E-state index >= 15 is 0 Å². The smallest absolute Gasteiger partial charge is 0.265 e. The highest BCUT2D eigenvalue weighted by Crippen LogP contribution is 2.19. The SMILES string of the molecule is COc1cccc2ncn(C[C@@H]3CNCCO3)c(=O)c12. The van der Waals surface area contributed by atoms with Crippen LogP contribution in [-0.4, -0.2) is 42.5 Å². The number of ether oxygens (including phenoxy) is 2. The van der Waals surface area contributed by atoms with Crippen LogP contribution in [0.15, 0.2) is 29.3 Å². The largest absolute Gasteiger partial charge is 0.496 e. The highest BCUT2D eigenvalue weighted by molar-refractivity contribution is 5.83. The molecule has 20 heavy (non-hydrogen) atoms. The maximum absolute atomic E-state index is 12.5. The molecule has 1 aliphatic rings. The van der Waals surface area contributed by atoms with Gasteiger partial charge in [-0.15, -0.1) is 0 Å². The highest BCUT2D eigenvalue weighted by Gasteiger charge is 2.16. The molecule has 6 heteroatoms. The zero-order valence-electron chi connectivity index (χ0n) is 11.3. The monoisotopic (exact) mass is 275 g/mol. The lowest BCUT2D eigenvalue weighted by Crippen LogP contribution is -2.42. The van der Waals surface area contributed by atoms with Crippen LogP contribution in [0.2, 0.25) is 0 Å². The van der Waals surface area contributed by atoms with E-state index in [1.807, 2.05) is 12.1 Å². The van der Waals surface area contributed by atoms with E-state index in [0.29, 0.717) is 29.8 Å². The summed E-state index contributed by atoms with van der Waals surface area (Å²) in [4.78, 5) is 16.9. The Morgan fingerprint density at radius 3 is 3.20 bits per heavy atom. The summed E-state index contributed by atoms with van der Waals surface area (Å²) < 4.78 is 12.5. The fourth-order valence-electron chi connectivity index (χ4n) is 2.43. The Labute approximate surface area is 116 Å². The van der Waals surface area contributed by atoms with Gasteiger partial charge in [0, 0.05) is 13.1 Å². The van der Waals surface area contributed by atoms with Gasteiger partial charge in [-0.2, -0.15) is 0 Å². The zero-order chi connectivity index (χ0) is 13.9. The maximum atomic E-state index is 12.5. The molecular formula is C14H17N3O3. The van der Waals surface area contributed by atoms with Gasteiger partial charge in [-0.05, 0) is 12.1 Å². The normalized spacial score (nSPS) is 19.1. The number of fused-ring (bicyclic) bond motifs is 1. The van der Waals surface area contributed by atoms with Crippen molar-refractivity contribution in [3.63, 3.8) is 0 Å². The van der Waals surface area contributed by atoms with Gasteiger partial charge in [-0.25, -0.2) is 4.98 Å². The topological polar surface area (TPSA) is 65.4 Å². The van der Waals surface area contributed by atoms with E-state index in [1.54, 1.807) is 24.1 Å². The predicted octanol–water partition coefficient (Wildman–Crippen LogP) is 0.394. The van der Waals surface area contributed by atoms with Crippen LogP contribution in [0, 0.1) is 0 Å². The molecule has 0 aliphatic carbocycles. The maximum Gasteiger partial charge on any atom is 0.265 e. The summed E-state index contributed by atoms with van der Waals surface area (Å²) in [6.45, 7) is 2.77. The number of nitrogens with zero attached hydrogens (tertiary/aromatic N) is 2. The molecule has 1 aromatic heterocycles. The van der Waals surface area contributed by atoms with Crippen LogP contribution in [0.25, 0.3) is 10.9 Å². The molecule has 3 rings (SSSR count). The van der Waals surface area contributed by atoms with Crippen molar-refractivity contribution in [2.75, 3.05) is 26.8 Å². The fraction of sp³-hybridized carbons (Fsp3) is 0.429. The molecule has 0 bridgehead atoms. The minimum atomic E-state index is -0.0957. The lowest BCUT2D eigenvalue weighted by atomic mass is 10.2. The summed E-state index contributed by atoms with van der Waals surface area (Å²) in [5.74, 6) is 0.553. The molecule has 1 atom stereocenters. The number of benzene rings is 1. The average Bonchev–Trinajstić information content (AvgIpc) is 2.50. The van der Waals surface area contributed by atoms with Crippen molar-refractivity contribution in [2.24, 2.45) is 0 Å². The Morgan fingerprint density at radius 1 is 1.55 bits per heavy atom. The third kappa shape index (κ3) is 2.39. The average molecular weight is 275 g/mol. The molecular weight excluding hydrogens is 258 g/mol. The van der Waals surface area contributed by atoms with E-state index in [-0.39, 0.29) is 11.7 Å². The lowest BCUT2D eigenvalue weighted by Gasteiger charge is -2.24. The van der Waals surface area contributed by atoms with Crippen LogP contribution in [0.4, 0.5) is 0 Å². The van der Waals surface area contributed by atoms with Gasteiger partial charge in [0.1, 0.15) is 11.1 Å². The summed E-state index contributed by atoms with van der Waals surface area (Å²) in [6, 6.07) is 5.41. The van der Waals surface area contributed by atoms with Crippen LogP contribution < -0.4 is 15.6 Å². The number of hydrogen-bond donors (Lipinski definition) is 1. The molecule has 0 unspecified atom stereocenters. The molecule has 1 aromatic carbocycles. The Morgan fingerprint density at radius 2 is 2.45 bits per heavy atom. The van der Waals surface area contributed by atoms with Crippen molar-refractivity contribution in [2.45, 2.75) is 12.6 Å². The van der Waals surface area contributed by atoms with Gasteiger partial charge in [-0.3, -0.25) is 9.36 Å². The molecule has 2 heterocycles. The van der Waals surface area contributed by atoms with E-state index in [4.69, 9.17) is 9.47 Å². The third-order valence-electron chi connectivity index (χ3n) is 3.44. The van der Waals surface area contributed by atoms with Crippen molar-refractivity contribution in [1.29, 1.82) is 0 Å². The fourth-order valence-corrected chi connectivity index (χ4v) is 2.43. The van der Waals surface area contributed by atoms with Crippen molar-refractivity contribution < 1.29 is 9.47 Å². The number of methoxy groups -OCH3 is 1. The number of rotatable bonds is 3. The number of hydrogen-bond acceptors (Lipinski definition) is 5. The second kappa shape index (κ2) is 5.60. The van der Waals surface area contributed by atoms with Crippen molar-refractivity contribution in [3.05, 3.63) is 34.9 Å². The molecule has 1 saturated heterocycles. The first-order valence-corrected chi connectivity index (χ1v) is 6.64. The number of morpholine rings is 1. The Kier molecular flexibility index (Phi) is 3.66. The van der Waals surface area contributed by atoms with Crippen LogP contribution >= 0.6 is 0 Å². The van der Waals surface area contributed by atoms with E-state index in [9.17, 15) is 4.79 Å². The highest BCUT2D eigenvalue weighted by atomic mass is 16.5. The minimum Gasteiger partial charge on any atom is -0.496 e. The molecule has 0 amide bonds. The van der Waals surface area contributed by atoms with Crippen molar-refractivity contribution >= 4 is 10.9 Å². The van der Waals surface area contributed by atoms with Gasteiger partial charge in [0.2, 0.25) is 0 Å². The second-order valence-electron chi connectivity index (χ2n) is 4.75. The van der Waals surface area contributed by atoms with E-state index in [1.165, 1.54) is 0 Å². The van der Waals surface area contributed by atoms with Gasteiger partial charge >= 0.3 is 0 Å². The molecule has 1 aliphatic heterocycles. The Balaban J connectivity index is 1.99. The standard InChI is InChI=1S/C14H17N3O3/c1-19-12-4-2-3-11-13(12)14(18)17(9-16-11)8-10-7-15-5-6-20-10/h2-4,9-10,15H,5-8H2,1H3/t10-/m0/s1. The number of aromatic nitrogens is 2. The van der Waals surface area contributed by atoms with Crippen LogP contribution in [0.3, 0.4) is 0 Å². The molecule has 1 fully saturated rings. The molecule has 0 radical (unpaired) electrons. The molecule has 1 N–H and O–H groups in total. The first-order chi connectivity index (χ1) is 9.79. The van der Waals surface area contributed by atoms with Gasteiger partial charge in [0.05, 0.1) is 38.2 Å². The molecule has 0 spiro atoms. The summed E-state index contributed by atoms with van der Waals surface area (Å²) in [6.07, 6.45) is 1.57. The third-order valence-corrected chi connectivity index (χ3v) is 3.44. The first kappa shape index (κ1) is 13.1. The number of nitrogens with one attached hydrogen (secondary N) is 1. The zero-order valence-corrected chi connectivity index (χ0v) is 11.3. The molecule has 2 aromatic rings. The van der Waals surface area contributed by atoms with E-state index < -0.39 is 0 Å². The lowest BCUT2D eigenvalue weighted by molar-refractivity contribution is 0.0175. The van der Waals surface area contributed by atoms with E-state index in [2.05, 4.69) is 10.3 Å². The summed E-state index contributed by atoms with van der Waals surface area (Å²) in [5, 5.41) is 3.76. The second-order valence-corrected chi connectivity index (χ2v) is 4.75. The molecule has 106 valence electrons. The van der Waals surface area contributed by atoms with Crippen molar-refractivity contribution in [1.82, 2.24) is 14.9 Å². The summed E-state index contributed by atoms with van der Waals surface area (Å²) in [5.41, 5.74) is 0.551. The predicted molar refractivity (Wildman–Crippen MR) is 75.2 cm³/mol. The van der Waals surface area contributed by atoms with Gasteiger partial charge in [0.25, 0.3) is 5.56 Å². The molecule has 0 saturated carbocycles. The van der Waals surface area contributed by atoms with Gasteiger partial charge in [-0.1, -0.05) is 6.07 Å². The van der Waals surface area contributed by atoms with Crippen LogP contribution in [-0.2, 0) is 11.3 Å². The molecule has 6 nitrogen and oxygen atoms in total. The van der Waals surface area contributed by atoms with E-state index in [0.717, 1.165) is 13.1 Å². The Hall–Kier alpha value is -1.92.